The highest BCUT2D eigenvalue weighted by atomic mass is 32.1. The van der Waals surface area contributed by atoms with Crippen LogP contribution in [0.5, 0.6) is 0 Å². The van der Waals surface area contributed by atoms with E-state index in [-0.39, 0.29) is 0 Å². The van der Waals surface area contributed by atoms with Crippen LogP contribution in [0.25, 0.3) is 115 Å². The van der Waals surface area contributed by atoms with Gasteiger partial charge in [-0.3, -0.25) is 4.57 Å². The predicted molar refractivity (Wildman–Crippen MR) is 232 cm³/mol. The third kappa shape index (κ3) is 5.01. The van der Waals surface area contributed by atoms with Crippen molar-refractivity contribution in [3.8, 4) is 51.4 Å². The molecule has 0 saturated heterocycles. The van der Waals surface area contributed by atoms with Crippen molar-refractivity contribution >= 4 is 75.4 Å². The lowest BCUT2D eigenvalue weighted by Gasteiger charge is -2.11. The van der Waals surface area contributed by atoms with E-state index in [0.29, 0.717) is 29.0 Å². The zero-order valence-electron chi connectivity index (χ0n) is 30.2. The molecule has 12 aromatic rings. The van der Waals surface area contributed by atoms with E-state index in [4.69, 9.17) is 29.3 Å². The van der Waals surface area contributed by atoms with Crippen LogP contribution >= 0.6 is 11.3 Å². The van der Waals surface area contributed by atoms with Gasteiger partial charge in [0.25, 0.3) is 0 Å². The van der Waals surface area contributed by atoms with Gasteiger partial charge in [0.15, 0.2) is 17.5 Å². The molecule has 0 fully saturated rings. The van der Waals surface area contributed by atoms with Gasteiger partial charge >= 0.3 is 0 Å². The van der Waals surface area contributed by atoms with E-state index in [2.05, 4.69) is 126 Å². The zero-order valence-corrected chi connectivity index (χ0v) is 31.0. The van der Waals surface area contributed by atoms with Crippen LogP contribution in [-0.2, 0) is 0 Å². The maximum absolute atomic E-state index is 6.81. The number of hydrogen-bond donors (Lipinski definition) is 0. The first-order valence-corrected chi connectivity index (χ1v) is 19.6. The second-order valence-corrected chi connectivity index (χ2v) is 15.1. The fraction of sp³-hybridized carbons (Fsp3) is 0. The van der Waals surface area contributed by atoms with Crippen molar-refractivity contribution in [1.82, 2.24) is 29.5 Å². The predicted octanol–water partition coefficient (Wildman–Crippen LogP) is 12.7. The number of fused-ring (bicyclic) bond motifs is 9. The van der Waals surface area contributed by atoms with Gasteiger partial charge in [-0.05, 0) is 36.4 Å². The summed E-state index contributed by atoms with van der Waals surface area (Å²) in [5, 5.41) is 5.36. The van der Waals surface area contributed by atoms with Crippen molar-refractivity contribution in [2.75, 3.05) is 0 Å². The van der Waals surface area contributed by atoms with Gasteiger partial charge in [0, 0.05) is 48.3 Å². The number of furan rings is 1. The monoisotopic (exact) mass is 748 g/mol. The van der Waals surface area contributed by atoms with Crippen LogP contribution in [0.4, 0.5) is 0 Å². The Morgan fingerprint density at radius 2 is 1.07 bits per heavy atom. The lowest BCUT2D eigenvalue weighted by molar-refractivity contribution is 0.669. The lowest BCUT2D eigenvalue weighted by Crippen LogP contribution is -2.06. The lowest BCUT2D eigenvalue weighted by atomic mass is 10.1. The summed E-state index contributed by atoms with van der Waals surface area (Å²) >= 11 is 1.73. The summed E-state index contributed by atoms with van der Waals surface area (Å²) in [5.74, 6) is 2.29. The van der Waals surface area contributed by atoms with Crippen LogP contribution in [0.2, 0.25) is 0 Å². The molecule has 0 N–H and O–H groups in total. The average Bonchev–Trinajstić information content (AvgIpc) is 3.96. The molecule has 0 saturated carbocycles. The van der Waals surface area contributed by atoms with Crippen molar-refractivity contribution in [3.05, 3.63) is 170 Å². The van der Waals surface area contributed by atoms with E-state index >= 15 is 0 Å². The molecular weight excluding hydrogens is 721 g/mol. The van der Waals surface area contributed by atoms with Crippen LogP contribution in [0, 0.1) is 0 Å². The average molecular weight is 749 g/mol. The van der Waals surface area contributed by atoms with E-state index in [9.17, 15) is 0 Å². The van der Waals surface area contributed by atoms with Crippen LogP contribution in [0.1, 0.15) is 0 Å². The Kier molecular flexibility index (Phi) is 6.96. The Balaban J connectivity index is 1.06. The van der Waals surface area contributed by atoms with E-state index in [0.717, 1.165) is 81.7 Å². The first-order valence-electron chi connectivity index (χ1n) is 18.8. The molecule has 0 radical (unpaired) electrons. The smallest absolute Gasteiger partial charge is 0.238 e. The van der Waals surface area contributed by atoms with E-state index < -0.39 is 0 Å². The Morgan fingerprint density at radius 3 is 1.84 bits per heavy atom. The second-order valence-electron chi connectivity index (χ2n) is 14.1. The fourth-order valence-corrected chi connectivity index (χ4v) is 9.22. The molecule has 12 rings (SSSR count). The normalized spacial score (nSPS) is 11.9. The minimum Gasteiger partial charge on any atom is -0.455 e. The number of hydrogen-bond acceptors (Lipinski definition) is 7. The molecule has 0 bridgehead atoms. The number of benzene rings is 7. The summed E-state index contributed by atoms with van der Waals surface area (Å²) in [6.45, 7) is 0. The minimum absolute atomic E-state index is 0.524. The van der Waals surface area contributed by atoms with Crippen molar-refractivity contribution in [3.63, 3.8) is 0 Å². The Morgan fingerprint density at radius 1 is 0.439 bits per heavy atom. The highest BCUT2D eigenvalue weighted by Gasteiger charge is 2.22. The SMILES string of the molecule is c1ccc(-c2nc(-c3cccc4c3oc3cc(-c5nc(-c6ccccc6)c6sc7ccccc7c6n5)ccc34)nc(-n3c4ccccc4c4ccccc43)n2)cc1. The standard InChI is InChI=1S/C49H28N6OS/c1-3-14-29(15-4-1)42-45-43(36-20-9-12-25-41(36)57-45)51-47(50-42)31-26-27-34-35-21-13-22-37(44(35)56-40(34)28-31)48-52-46(30-16-5-2-6-17-30)53-49(54-48)55-38-23-10-7-18-32(38)33-19-8-11-24-39(33)55/h1-28H. The molecule has 266 valence electrons. The summed E-state index contributed by atoms with van der Waals surface area (Å²) in [7, 11) is 0. The van der Waals surface area contributed by atoms with E-state index in [1.165, 1.54) is 4.70 Å². The third-order valence-electron chi connectivity index (χ3n) is 10.7. The van der Waals surface area contributed by atoms with Crippen molar-refractivity contribution in [2.24, 2.45) is 0 Å². The van der Waals surface area contributed by atoms with Gasteiger partial charge < -0.3 is 4.42 Å². The molecule has 0 aliphatic heterocycles. The van der Waals surface area contributed by atoms with Gasteiger partial charge in [-0.1, -0.05) is 133 Å². The minimum atomic E-state index is 0.524. The molecule has 7 nitrogen and oxygen atoms in total. The van der Waals surface area contributed by atoms with Gasteiger partial charge in [-0.2, -0.15) is 9.97 Å². The molecule has 57 heavy (non-hydrogen) atoms. The van der Waals surface area contributed by atoms with Crippen LogP contribution in [-0.4, -0.2) is 29.5 Å². The van der Waals surface area contributed by atoms with Crippen LogP contribution < -0.4 is 0 Å². The molecule has 7 aromatic carbocycles. The van der Waals surface area contributed by atoms with Gasteiger partial charge in [0.05, 0.1) is 32.5 Å². The fourth-order valence-electron chi connectivity index (χ4n) is 8.06. The van der Waals surface area contributed by atoms with Gasteiger partial charge in [-0.15, -0.1) is 11.3 Å². The van der Waals surface area contributed by atoms with E-state index in [1.807, 2.05) is 48.5 Å². The Hall–Kier alpha value is -7.55. The van der Waals surface area contributed by atoms with Gasteiger partial charge in [-0.25, -0.2) is 15.0 Å². The maximum atomic E-state index is 6.81. The summed E-state index contributed by atoms with van der Waals surface area (Å²) in [5.41, 5.74) is 8.96. The number of para-hydroxylation sites is 3. The highest BCUT2D eigenvalue weighted by Crippen LogP contribution is 2.41. The second kappa shape index (κ2) is 12.5. The first kappa shape index (κ1) is 31.8. The zero-order chi connectivity index (χ0) is 37.5. The molecular formula is C49H28N6OS. The summed E-state index contributed by atoms with van der Waals surface area (Å²) < 4.78 is 11.2. The van der Waals surface area contributed by atoms with Crippen molar-refractivity contribution in [2.45, 2.75) is 0 Å². The summed E-state index contributed by atoms with van der Waals surface area (Å²) in [6, 6.07) is 58.0. The molecule has 0 aliphatic carbocycles. The van der Waals surface area contributed by atoms with Crippen LogP contribution in [0.3, 0.4) is 0 Å². The summed E-state index contributed by atoms with van der Waals surface area (Å²) in [4.78, 5) is 25.8. The molecule has 5 aromatic heterocycles. The number of aromatic nitrogens is 6. The quantitative estimate of drug-likeness (QED) is 0.174. The molecule has 8 heteroatoms. The summed E-state index contributed by atoms with van der Waals surface area (Å²) in [6.07, 6.45) is 0. The largest absolute Gasteiger partial charge is 0.455 e. The molecule has 0 atom stereocenters. The van der Waals surface area contributed by atoms with Gasteiger partial charge in [0.2, 0.25) is 5.95 Å². The highest BCUT2D eigenvalue weighted by molar-refractivity contribution is 7.26. The molecule has 0 unspecified atom stereocenters. The van der Waals surface area contributed by atoms with Gasteiger partial charge in [0.1, 0.15) is 11.2 Å². The molecule has 0 aliphatic rings. The molecule has 0 amide bonds. The third-order valence-corrected chi connectivity index (χ3v) is 11.9. The van der Waals surface area contributed by atoms with Crippen molar-refractivity contribution in [1.29, 1.82) is 0 Å². The maximum Gasteiger partial charge on any atom is 0.238 e. The van der Waals surface area contributed by atoms with Crippen LogP contribution in [0.15, 0.2) is 174 Å². The van der Waals surface area contributed by atoms with Crippen molar-refractivity contribution < 1.29 is 4.42 Å². The van der Waals surface area contributed by atoms with E-state index in [1.54, 1.807) is 11.3 Å². The Labute approximate surface area is 329 Å². The number of nitrogens with zero attached hydrogens (tertiary/aromatic N) is 6. The topological polar surface area (TPSA) is 82.5 Å². The molecule has 5 heterocycles. The molecule has 0 spiro atoms. The first-order chi connectivity index (χ1) is 28.2. The Bertz CT molecular complexity index is 3480. The number of rotatable bonds is 5. The number of thiophene rings is 1.